The number of halogens is 2. The van der Waals surface area contributed by atoms with Crippen LogP contribution in [0.3, 0.4) is 0 Å². The van der Waals surface area contributed by atoms with Gasteiger partial charge >= 0.3 is 0 Å². The van der Waals surface area contributed by atoms with E-state index in [-0.39, 0.29) is 17.5 Å². The molecular weight excluding hydrogens is 397 g/mol. The highest BCUT2D eigenvalue weighted by Gasteiger charge is 2.19. The predicted octanol–water partition coefficient (Wildman–Crippen LogP) is 5.24. The lowest BCUT2D eigenvalue weighted by Gasteiger charge is -2.26. The molecule has 0 unspecified atom stereocenters. The second-order valence-corrected chi connectivity index (χ2v) is 7.75. The summed E-state index contributed by atoms with van der Waals surface area (Å²) in [6.45, 7) is 1.33. The van der Waals surface area contributed by atoms with Crippen LogP contribution in [0.25, 0.3) is 10.9 Å². The Hall–Kier alpha value is -2.50. The summed E-state index contributed by atoms with van der Waals surface area (Å²) < 4.78 is 0. The minimum Gasteiger partial charge on any atom is -0.349 e. The number of hydrogen-bond acceptors (Lipinski definition) is 2. The van der Waals surface area contributed by atoms with Crippen LogP contribution in [0.5, 0.6) is 0 Å². The Balaban J connectivity index is 1.52. The number of rotatable bonds is 4. The molecule has 7 heteroatoms. The molecule has 2 amide bonds. The minimum atomic E-state index is -0.330. The maximum Gasteiger partial charge on any atom is 0.273 e. The summed E-state index contributed by atoms with van der Waals surface area (Å²) in [7, 11) is 0. The Kier molecular flexibility index (Phi) is 5.29. The molecule has 5 nitrogen and oxygen atoms in total. The Morgan fingerprint density at radius 2 is 2.00 bits per heavy atom. The van der Waals surface area contributed by atoms with Crippen LogP contribution in [-0.4, -0.2) is 28.2 Å². The molecule has 3 aromatic rings. The number of aromatic amines is 1. The largest absolute Gasteiger partial charge is 0.349 e. The molecule has 2 heterocycles. The fraction of sp³-hybridized carbons (Fsp3) is 0.238. The SMILES string of the molecule is O=C(Nc1cccc(CN2CCCCC2=O)c1)c1[nH]c2ccc(Cl)cc2c1Cl. The molecule has 0 radical (unpaired) electrons. The van der Waals surface area contributed by atoms with Gasteiger partial charge in [0.25, 0.3) is 5.91 Å². The summed E-state index contributed by atoms with van der Waals surface area (Å²) in [6, 6.07) is 12.8. The van der Waals surface area contributed by atoms with Gasteiger partial charge in [-0.2, -0.15) is 0 Å². The summed E-state index contributed by atoms with van der Waals surface area (Å²) >= 11 is 12.4. The van der Waals surface area contributed by atoms with Gasteiger partial charge in [0.05, 0.1) is 5.02 Å². The number of fused-ring (bicyclic) bond motifs is 1. The minimum absolute atomic E-state index is 0.184. The topological polar surface area (TPSA) is 65.2 Å². The van der Waals surface area contributed by atoms with E-state index >= 15 is 0 Å². The van der Waals surface area contributed by atoms with Gasteiger partial charge in [-0.15, -0.1) is 0 Å². The molecule has 4 rings (SSSR count). The molecule has 0 spiro atoms. The van der Waals surface area contributed by atoms with E-state index in [4.69, 9.17) is 23.2 Å². The van der Waals surface area contributed by atoms with Crippen LogP contribution in [0, 0.1) is 0 Å². The molecule has 0 aliphatic carbocycles. The molecule has 144 valence electrons. The molecule has 0 bridgehead atoms. The highest BCUT2D eigenvalue weighted by atomic mass is 35.5. The third kappa shape index (κ3) is 3.86. The van der Waals surface area contributed by atoms with Crippen LogP contribution in [0.2, 0.25) is 10.0 Å². The second kappa shape index (κ2) is 7.86. The van der Waals surface area contributed by atoms with E-state index in [0.29, 0.717) is 34.1 Å². The summed E-state index contributed by atoms with van der Waals surface area (Å²) in [4.78, 5) is 29.6. The number of nitrogens with zero attached hydrogens (tertiary/aromatic N) is 1. The van der Waals surface area contributed by atoms with Crippen LogP contribution in [0.1, 0.15) is 35.3 Å². The fourth-order valence-electron chi connectivity index (χ4n) is 3.48. The number of H-pyrrole nitrogens is 1. The number of benzene rings is 2. The first-order valence-electron chi connectivity index (χ1n) is 9.16. The fourth-order valence-corrected chi connectivity index (χ4v) is 3.94. The van der Waals surface area contributed by atoms with Gasteiger partial charge in [-0.25, -0.2) is 0 Å². The number of aromatic nitrogens is 1. The number of piperidine rings is 1. The number of carbonyl (C=O) groups is 2. The van der Waals surface area contributed by atoms with E-state index < -0.39 is 0 Å². The first-order chi connectivity index (χ1) is 13.5. The molecule has 1 aromatic heterocycles. The zero-order chi connectivity index (χ0) is 19.7. The van der Waals surface area contributed by atoms with Crippen LogP contribution >= 0.6 is 23.2 Å². The van der Waals surface area contributed by atoms with Crippen molar-refractivity contribution in [1.82, 2.24) is 9.88 Å². The van der Waals surface area contributed by atoms with Gasteiger partial charge in [0.1, 0.15) is 5.69 Å². The third-order valence-corrected chi connectivity index (χ3v) is 5.53. The Bertz CT molecular complexity index is 1060. The number of anilines is 1. The highest BCUT2D eigenvalue weighted by molar-refractivity contribution is 6.40. The van der Waals surface area contributed by atoms with Gasteiger partial charge in [-0.3, -0.25) is 9.59 Å². The van der Waals surface area contributed by atoms with E-state index in [1.165, 1.54) is 0 Å². The lowest BCUT2D eigenvalue weighted by molar-refractivity contribution is -0.133. The third-order valence-electron chi connectivity index (χ3n) is 4.90. The molecule has 2 aromatic carbocycles. The summed E-state index contributed by atoms with van der Waals surface area (Å²) in [5, 5.41) is 4.47. The Morgan fingerprint density at radius 3 is 2.82 bits per heavy atom. The smallest absolute Gasteiger partial charge is 0.273 e. The molecule has 0 atom stereocenters. The van der Waals surface area contributed by atoms with Crippen molar-refractivity contribution in [3.63, 3.8) is 0 Å². The van der Waals surface area contributed by atoms with Crippen LogP contribution in [-0.2, 0) is 11.3 Å². The normalized spacial score (nSPS) is 14.5. The van der Waals surface area contributed by atoms with Gasteiger partial charge in [-0.05, 0) is 48.7 Å². The standard InChI is InChI=1S/C21H19Cl2N3O2/c22-14-7-8-17-16(11-14)19(23)20(25-17)21(28)24-15-5-3-4-13(10-15)12-26-9-2-1-6-18(26)27/h3-5,7-8,10-11,25H,1-2,6,9,12H2,(H,24,28). The van der Waals surface area contributed by atoms with E-state index in [1.54, 1.807) is 18.2 Å². The zero-order valence-electron chi connectivity index (χ0n) is 15.1. The van der Waals surface area contributed by atoms with Crippen molar-refractivity contribution in [2.75, 3.05) is 11.9 Å². The zero-order valence-corrected chi connectivity index (χ0v) is 16.6. The highest BCUT2D eigenvalue weighted by Crippen LogP contribution is 2.30. The summed E-state index contributed by atoms with van der Waals surface area (Å²) in [5.41, 5.74) is 2.66. The molecule has 1 aliphatic rings. The molecule has 2 N–H and O–H groups in total. The number of likely N-dealkylation sites (tertiary alicyclic amines) is 1. The maximum atomic E-state index is 12.7. The molecule has 1 saturated heterocycles. The average molecular weight is 416 g/mol. The number of amides is 2. The molecule has 1 fully saturated rings. The Morgan fingerprint density at radius 1 is 1.14 bits per heavy atom. The predicted molar refractivity (Wildman–Crippen MR) is 112 cm³/mol. The first-order valence-corrected chi connectivity index (χ1v) is 9.91. The van der Waals surface area contributed by atoms with Crippen LogP contribution < -0.4 is 5.32 Å². The van der Waals surface area contributed by atoms with Gasteiger partial charge in [0.15, 0.2) is 0 Å². The summed E-state index contributed by atoms with van der Waals surface area (Å²) in [5.74, 6) is -0.146. The molecule has 1 aliphatic heterocycles. The molecule has 0 saturated carbocycles. The van der Waals surface area contributed by atoms with E-state index in [9.17, 15) is 9.59 Å². The Labute approximate surface area is 172 Å². The van der Waals surface area contributed by atoms with Gasteiger partial charge in [0, 0.05) is 41.1 Å². The van der Waals surface area contributed by atoms with Gasteiger partial charge < -0.3 is 15.2 Å². The van der Waals surface area contributed by atoms with Crippen molar-refractivity contribution in [2.24, 2.45) is 0 Å². The molecule has 28 heavy (non-hydrogen) atoms. The average Bonchev–Trinajstić information content (AvgIpc) is 3.00. The van der Waals surface area contributed by atoms with Crippen LogP contribution in [0.4, 0.5) is 5.69 Å². The van der Waals surface area contributed by atoms with E-state index in [1.807, 2.05) is 29.2 Å². The number of nitrogens with one attached hydrogen (secondary N) is 2. The van der Waals surface area contributed by atoms with Crippen molar-refractivity contribution in [2.45, 2.75) is 25.8 Å². The van der Waals surface area contributed by atoms with Crippen molar-refractivity contribution in [1.29, 1.82) is 0 Å². The van der Waals surface area contributed by atoms with Crippen molar-refractivity contribution < 1.29 is 9.59 Å². The van der Waals surface area contributed by atoms with Crippen molar-refractivity contribution in [3.05, 3.63) is 63.8 Å². The van der Waals surface area contributed by atoms with E-state index in [2.05, 4.69) is 10.3 Å². The lowest BCUT2D eigenvalue weighted by Crippen LogP contribution is -2.34. The van der Waals surface area contributed by atoms with Crippen molar-refractivity contribution in [3.8, 4) is 0 Å². The molecular formula is C21H19Cl2N3O2. The second-order valence-electron chi connectivity index (χ2n) is 6.93. The van der Waals surface area contributed by atoms with Crippen LogP contribution in [0.15, 0.2) is 42.5 Å². The van der Waals surface area contributed by atoms with Crippen molar-refractivity contribution >= 4 is 51.6 Å². The van der Waals surface area contributed by atoms with Gasteiger partial charge in [0.2, 0.25) is 5.91 Å². The van der Waals surface area contributed by atoms with E-state index in [0.717, 1.165) is 30.5 Å². The monoisotopic (exact) mass is 415 g/mol. The quantitative estimate of drug-likeness (QED) is 0.611. The van der Waals surface area contributed by atoms with Gasteiger partial charge in [-0.1, -0.05) is 35.3 Å². The number of carbonyl (C=O) groups excluding carboxylic acids is 2. The summed E-state index contributed by atoms with van der Waals surface area (Å²) in [6.07, 6.45) is 2.60. The maximum absolute atomic E-state index is 12.7. The first kappa shape index (κ1) is 18.8. The number of hydrogen-bond donors (Lipinski definition) is 2. The lowest BCUT2D eigenvalue weighted by atomic mass is 10.1.